The van der Waals surface area contributed by atoms with E-state index >= 15 is 0 Å². The van der Waals surface area contributed by atoms with E-state index in [1.54, 1.807) is 15.6 Å². The minimum Gasteiger partial charge on any atom is -0.504 e. The molecule has 7 nitrogen and oxygen atoms in total. The average Bonchev–Trinajstić information content (AvgIpc) is 3.33. The lowest BCUT2D eigenvalue weighted by Crippen LogP contribution is -1.95. The minimum absolute atomic E-state index is 0.142. The minimum atomic E-state index is -0.888. The molecule has 0 spiro atoms. The van der Waals surface area contributed by atoms with Crippen LogP contribution in [0.3, 0.4) is 0 Å². The van der Waals surface area contributed by atoms with Gasteiger partial charge in [-0.25, -0.2) is 9.07 Å². The molecular formula is C19H14FN5O2. The molecule has 8 heteroatoms. The number of halogens is 1. The first kappa shape index (κ1) is 16.6. The highest BCUT2D eigenvalue weighted by Gasteiger charge is 2.13. The van der Waals surface area contributed by atoms with E-state index in [-0.39, 0.29) is 5.56 Å². The molecule has 1 N–H and O–H groups in total. The van der Waals surface area contributed by atoms with Crippen molar-refractivity contribution in [3.05, 3.63) is 66.2 Å². The van der Waals surface area contributed by atoms with Crippen LogP contribution in [0.5, 0.6) is 5.75 Å². The Morgan fingerprint density at radius 3 is 2.70 bits per heavy atom. The van der Waals surface area contributed by atoms with Crippen molar-refractivity contribution >= 4 is 6.29 Å². The number of hydrogen-bond acceptors (Lipinski definition) is 5. The lowest BCUT2D eigenvalue weighted by molar-refractivity contribution is 0.112. The summed E-state index contributed by atoms with van der Waals surface area (Å²) in [5.74, 6) is -1.56. The van der Waals surface area contributed by atoms with Crippen LogP contribution < -0.4 is 0 Å². The number of aromatic nitrogens is 5. The third-order valence-corrected chi connectivity index (χ3v) is 4.13. The zero-order chi connectivity index (χ0) is 19.0. The van der Waals surface area contributed by atoms with Crippen molar-refractivity contribution < 1.29 is 14.3 Å². The highest BCUT2D eigenvalue weighted by molar-refractivity contribution is 5.82. The monoisotopic (exact) mass is 363 g/mol. The molecule has 0 amide bonds. The lowest BCUT2D eigenvalue weighted by Gasteiger charge is -2.03. The summed E-state index contributed by atoms with van der Waals surface area (Å²) in [6.45, 7) is 0. The number of aromatic hydroxyl groups is 1. The number of hydrogen-bond donors (Lipinski definition) is 1. The molecule has 0 aliphatic rings. The van der Waals surface area contributed by atoms with Crippen LogP contribution in [0.2, 0.25) is 0 Å². The van der Waals surface area contributed by atoms with Crippen LogP contribution in [0, 0.1) is 5.82 Å². The van der Waals surface area contributed by atoms with Crippen molar-refractivity contribution in [1.29, 1.82) is 0 Å². The van der Waals surface area contributed by atoms with Gasteiger partial charge < -0.3 is 5.11 Å². The fourth-order valence-electron chi connectivity index (χ4n) is 2.76. The molecule has 2 aromatic heterocycles. The molecule has 0 saturated carbocycles. The summed E-state index contributed by atoms with van der Waals surface area (Å²) in [7, 11) is 1.85. The van der Waals surface area contributed by atoms with Crippen LogP contribution in [0.1, 0.15) is 10.4 Å². The van der Waals surface area contributed by atoms with E-state index in [4.69, 9.17) is 0 Å². The Balaban J connectivity index is 1.71. The Kier molecular flexibility index (Phi) is 4.00. The van der Waals surface area contributed by atoms with Gasteiger partial charge in [-0.05, 0) is 30.3 Å². The Bertz CT molecular complexity index is 1150. The molecule has 0 atom stereocenters. The molecule has 0 aliphatic heterocycles. The van der Waals surface area contributed by atoms with Gasteiger partial charge in [0.15, 0.2) is 17.9 Å². The smallest absolute Gasteiger partial charge is 0.166 e. The maximum atomic E-state index is 13.8. The Hall–Kier alpha value is -3.81. The Morgan fingerprint density at radius 1 is 1.11 bits per heavy atom. The van der Waals surface area contributed by atoms with Gasteiger partial charge in [0.2, 0.25) is 0 Å². The molecule has 27 heavy (non-hydrogen) atoms. The Morgan fingerprint density at radius 2 is 1.96 bits per heavy atom. The van der Waals surface area contributed by atoms with Gasteiger partial charge in [-0.3, -0.25) is 9.48 Å². The third-order valence-electron chi connectivity index (χ3n) is 4.13. The number of carbonyl (C=O) groups is 1. The van der Waals surface area contributed by atoms with Crippen molar-refractivity contribution in [2.24, 2.45) is 7.05 Å². The second-order valence-electron chi connectivity index (χ2n) is 5.99. The number of benzene rings is 2. The maximum absolute atomic E-state index is 13.8. The number of phenolic OH excluding ortho intramolecular Hbond substituents is 1. The number of aldehydes is 1. The molecule has 2 aromatic carbocycles. The van der Waals surface area contributed by atoms with E-state index in [0.29, 0.717) is 17.5 Å². The van der Waals surface area contributed by atoms with Crippen molar-refractivity contribution in [3.63, 3.8) is 0 Å². The molecule has 4 rings (SSSR count). The summed E-state index contributed by atoms with van der Waals surface area (Å²) in [4.78, 5) is 11.0. The summed E-state index contributed by atoms with van der Waals surface area (Å²) in [5.41, 5.74) is 3.09. The first-order valence-corrected chi connectivity index (χ1v) is 8.06. The summed E-state index contributed by atoms with van der Waals surface area (Å²) >= 11 is 0. The number of aryl methyl sites for hydroxylation is 1. The first-order chi connectivity index (χ1) is 13.0. The summed E-state index contributed by atoms with van der Waals surface area (Å²) in [6.07, 6.45) is 3.88. The van der Waals surface area contributed by atoms with Crippen LogP contribution >= 0.6 is 0 Å². The van der Waals surface area contributed by atoms with Crippen LogP contribution in [0.4, 0.5) is 4.39 Å². The van der Waals surface area contributed by atoms with E-state index < -0.39 is 11.6 Å². The molecule has 0 bridgehead atoms. The van der Waals surface area contributed by atoms with Gasteiger partial charge in [0, 0.05) is 24.4 Å². The van der Waals surface area contributed by atoms with Gasteiger partial charge in [-0.1, -0.05) is 17.3 Å². The average molecular weight is 363 g/mol. The van der Waals surface area contributed by atoms with E-state index in [1.807, 2.05) is 43.6 Å². The van der Waals surface area contributed by atoms with E-state index in [1.165, 1.54) is 6.07 Å². The standard InChI is InChI=1S/C19H14FN5O2/c1-24-6-5-17(22-24)12-3-2-4-15(8-12)25-10-18(21-23-25)13-7-14(11-26)19(27)16(20)9-13/h2-11,27H,1H3. The zero-order valence-corrected chi connectivity index (χ0v) is 14.2. The van der Waals surface area contributed by atoms with Gasteiger partial charge in [0.25, 0.3) is 0 Å². The van der Waals surface area contributed by atoms with Crippen LogP contribution in [-0.2, 0) is 7.05 Å². The van der Waals surface area contributed by atoms with Crippen molar-refractivity contribution in [1.82, 2.24) is 24.8 Å². The largest absolute Gasteiger partial charge is 0.504 e. The fourth-order valence-corrected chi connectivity index (χ4v) is 2.76. The summed E-state index contributed by atoms with van der Waals surface area (Å²) < 4.78 is 17.1. The van der Waals surface area contributed by atoms with Crippen LogP contribution in [0.15, 0.2) is 54.9 Å². The van der Waals surface area contributed by atoms with Gasteiger partial charge in [-0.2, -0.15) is 5.10 Å². The first-order valence-electron chi connectivity index (χ1n) is 8.06. The molecular weight excluding hydrogens is 349 g/mol. The molecule has 0 aliphatic carbocycles. The number of phenols is 1. The Labute approximate surface area is 153 Å². The molecule has 2 heterocycles. The molecule has 134 valence electrons. The van der Waals surface area contributed by atoms with Crippen LogP contribution in [-0.4, -0.2) is 36.2 Å². The lowest BCUT2D eigenvalue weighted by atomic mass is 10.1. The molecule has 0 fully saturated rings. The highest BCUT2D eigenvalue weighted by Crippen LogP contribution is 2.27. The van der Waals surface area contributed by atoms with Crippen LogP contribution in [0.25, 0.3) is 28.2 Å². The quantitative estimate of drug-likeness (QED) is 0.563. The van der Waals surface area contributed by atoms with Gasteiger partial charge in [0.1, 0.15) is 5.69 Å². The van der Waals surface area contributed by atoms with Gasteiger partial charge in [-0.15, -0.1) is 5.10 Å². The normalized spacial score (nSPS) is 10.9. The highest BCUT2D eigenvalue weighted by atomic mass is 19.1. The summed E-state index contributed by atoms with van der Waals surface area (Å²) in [6, 6.07) is 12.0. The van der Waals surface area contributed by atoms with E-state index in [0.717, 1.165) is 23.0 Å². The second kappa shape index (κ2) is 6.49. The van der Waals surface area contributed by atoms with Gasteiger partial charge in [0.05, 0.1) is 23.1 Å². The summed E-state index contributed by atoms with van der Waals surface area (Å²) in [5, 5.41) is 22.0. The molecule has 0 unspecified atom stereocenters. The maximum Gasteiger partial charge on any atom is 0.166 e. The predicted molar refractivity (Wildman–Crippen MR) is 96.0 cm³/mol. The fraction of sp³-hybridized carbons (Fsp3) is 0.0526. The topological polar surface area (TPSA) is 85.8 Å². The third kappa shape index (κ3) is 3.08. The number of nitrogens with zero attached hydrogens (tertiary/aromatic N) is 5. The molecule has 4 aromatic rings. The SMILES string of the molecule is Cn1ccc(-c2cccc(-n3cc(-c4cc(F)c(O)c(C=O)c4)nn3)c2)n1. The van der Waals surface area contributed by atoms with E-state index in [2.05, 4.69) is 15.4 Å². The van der Waals surface area contributed by atoms with E-state index in [9.17, 15) is 14.3 Å². The molecule has 0 saturated heterocycles. The zero-order valence-electron chi connectivity index (χ0n) is 14.2. The number of rotatable bonds is 4. The second-order valence-corrected chi connectivity index (χ2v) is 5.99. The van der Waals surface area contributed by atoms with Crippen molar-refractivity contribution in [3.8, 4) is 34.0 Å². The van der Waals surface area contributed by atoms with Gasteiger partial charge >= 0.3 is 0 Å². The predicted octanol–water partition coefficient (Wildman–Crippen LogP) is 2.99. The van der Waals surface area contributed by atoms with Crippen molar-refractivity contribution in [2.45, 2.75) is 0 Å². The molecule has 0 radical (unpaired) electrons. The number of carbonyl (C=O) groups excluding carboxylic acids is 1. The van der Waals surface area contributed by atoms with Crippen molar-refractivity contribution in [2.75, 3.05) is 0 Å².